The molecule has 4 rings (SSSR count). The molecule has 0 spiro atoms. The molecule has 10 heteroatoms. The molecule has 10 nitrogen and oxygen atoms in total. The Kier molecular flexibility index (Phi) is 10.7. The van der Waals surface area contributed by atoms with E-state index in [1.165, 1.54) is 14.2 Å². The molecule has 1 unspecified atom stereocenters. The summed E-state index contributed by atoms with van der Waals surface area (Å²) in [6, 6.07) is 20.4. The maximum atomic E-state index is 13.3. The van der Waals surface area contributed by atoms with Gasteiger partial charge in [-0.05, 0) is 54.2 Å². The molecule has 4 aromatic rings. The predicted molar refractivity (Wildman–Crippen MR) is 161 cm³/mol. The van der Waals surface area contributed by atoms with Crippen molar-refractivity contribution >= 4 is 23.9 Å². The van der Waals surface area contributed by atoms with Crippen LogP contribution in [0.1, 0.15) is 78.9 Å². The van der Waals surface area contributed by atoms with Gasteiger partial charge < -0.3 is 28.9 Å². The van der Waals surface area contributed by atoms with Gasteiger partial charge in [-0.15, -0.1) is 0 Å². The molecule has 0 saturated heterocycles. The molecule has 2 aromatic carbocycles. The highest BCUT2D eigenvalue weighted by Crippen LogP contribution is 2.35. The summed E-state index contributed by atoms with van der Waals surface area (Å²) in [6.07, 6.45) is 0.171. The molecule has 44 heavy (non-hydrogen) atoms. The van der Waals surface area contributed by atoms with Gasteiger partial charge in [-0.1, -0.05) is 60.7 Å². The molecule has 0 aliphatic heterocycles. The normalized spacial score (nSPS) is 11.5. The van der Waals surface area contributed by atoms with Crippen molar-refractivity contribution in [3.05, 3.63) is 117 Å². The number of H-pyrrole nitrogens is 2. The summed E-state index contributed by atoms with van der Waals surface area (Å²) in [5.41, 5.74) is 5.04. The lowest BCUT2D eigenvalue weighted by atomic mass is 9.91. The number of aryl methyl sites for hydroxylation is 1. The van der Waals surface area contributed by atoms with Crippen LogP contribution in [0.4, 0.5) is 0 Å². The number of aromatic amines is 2. The van der Waals surface area contributed by atoms with E-state index in [0.717, 1.165) is 11.1 Å². The summed E-state index contributed by atoms with van der Waals surface area (Å²) < 4.78 is 21.0. The maximum absolute atomic E-state index is 13.3. The summed E-state index contributed by atoms with van der Waals surface area (Å²) in [6.45, 7) is 3.69. The van der Waals surface area contributed by atoms with Crippen LogP contribution < -0.4 is 0 Å². The maximum Gasteiger partial charge on any atom is 0.355 e. The summed E-state index contributed by atoms with van der Waals surface area (Å²) in [5, 5.41) is 0. The van der Waals surface area contributed by atoms with E-state index in [9.17, 15) is 19.2 Å². The van der Waals surface area contributed by atoms with Gasteiger partial charge >= 0.3 is 23.9 Å². The van der Waals surface area contributed by atoms with Crippen LogP contribution >= 0.6 is 0 Å². The third-order valence-corrected chi connectivity index (χ3v) is 7.41. The number of rotatable bonds is 13. The first-order chi connectivity index (χ1) is 21.2. The van der Waals surface area contributed by atoms with Crippen LogP contribution in [-0.4, -0.2) is 48.1 Å². The molecule has 2 N–H and O–H groups in total. The van der Waals surface area contributed by atoms with E-state index in [1.807, 2.05) is 60.7 Å². The second-order valence-electron chi connectivity index (χ2n) is 10.3. The van der Waals surface area contributed by atoms with Crippen LogP contribution in [0.5, 0.6) is 0 Å². The van der Waals surface area contributed by atoms with Crippen LogP contribution in [0.3, 0.4) is 0 Å². The van der Waals surface area contributed by atoms with E-state index in [4.69, 9.17) is 18.9 Å². The fourth-order valence-corrected chi connectivity index (χ4v) is 5.00. The van der Waals surface area contributed by atoms with Crippen molar-refractivity contribution < 1.29 is 38.1 Å². The molecular formula is C34H36N2O8. The smallest absolute Gasteiger partial charge is 0.355 e. The van der Waals surface area contributed by atoms with Crippen LogP contribution in [0, 0.1) is 13.8 Å². The average molecular weight is 601 g/mol. The minimum atomic E-state index is -0.682. The van der Waals surface area contributed by atoms with Crippen molar-refractivity contribution in [2.24, 2.45) is 0 Å². The molecule has 0 bridgehead atoms. The van der Waals surface area contributed by atoms with E-state index in [0.29, 0.717) is 28.1 Å². The SMILES string of the molecule is COC(=O)CCc1c(C(CC(=O)OC)c2cc(C)c(C(=O)OCc3ccccc3)[nH]2)[nH]c(C(=O)OCc2ccccc2)c1C. The highest BCUT2D eigenvalue weighted by Gasteiger charge is 2.30. The molecular weight excluding hydrogens is 564 g/mol. The summed E-state index contributed by atoms with van der Waals surface area (Å²) >= 11 is 0. The van der Waals surface area contributed by atoms with E-state index in [2.05, 4.69) is 9.97 Å². The van der Waals surface area contributed by atoms with Crippen LogP contribution in [0.2, 0.25) is 0 Å². The van der Waals surface area contributed by atoms with Gasteiger partial charge in [0.05, 0.1) is 20.6 Å². The molecule has 0 saturated carbocycles. The number of benzene rings is 2. The van der Waals surface area contributed by atoms with E-state index in [1.54, 1.807) is 19.9 Å². The highest BCUT2D eigenvalue weighted by atomic mass is 16.5. The number of nitrogens with one attached hydrogen (secondary N) is 2. The Morgan fingerprint density at radius 3 is 1.82 bits per heavy atom. The average Bonchev–Trinajstić information content (AvgIpc) is 3.60. The first-order valence-corrected chi connectivity index (χ1v) is 14.2. The van der Waals surface area contributed by atoms with Gasteiger partial charge in [-0.3, -0.25) is 9.59 Å². The topological polar surface area (TPSA) is 137 Å². The van der Waals surface area contributed by atoms with Gasteiger partial charge in [0.1, 0.15) is 24.6 Å². The molecule has 0 aliphatic rings. The minimum Gasteiger partial charge on any atom is -0.469 e. The second kappa shape index (κ2) is 14.9. The third kappa shape index (κ3) is 7.83. The van der Waals surface area contributed by atoms with Crippen molar-refractivity contribution in [2.75, 3.05) is 14.2 Å². The lowest BCUT2D eigenvalue weighted by Gasteiger charge is -2.16. The number of hydrogen-bond donors (Lipinski definition) is 2. The van der Waals surface area contributed by atoms with Crippen molar-refractivity contribution in [1.82, 2.24) is 9.97 Å². The van der Waals surface area contributed by atoms with Crippen LogP contribution in [-0.2, 0) is 48.2 Å². The number of aromatic nitrogens is 2. The van der Waals surface area contributed by atoms with Gasteiger partial charge in [0.2, 0.25) is 0 Å². The first-order valence-electron chi connectivity index (χ1n) is 14.2. The van der Waals surface area contributed by atoms with Crippen molar-refractivity contribution in [3.63, 3.8) is 0 Å². The number of methoxy groups -OCH3 is 2. The van der Waals surface area contributed by atoms with E-state index in [-0.39, 0.29) is 43.9 Å². The predicted octanol–water partition coefficient (Wildman–Crippen LogP) is 5.47. The number of hydrogen-bond acceptors (Lipinski definition) is 8. The third-order valence-electron chi connectivity index (χ3n) is 7.41. The van der Waals surface area contributed by atoms with Crippen LogP contribution in [0.15, 0.2) is 66.7 Å². The van der Waals surface area contributed by atoms with Gasteiger partial charge in [-0.2, -0.15) is 0 Å². The Morgan fingerprint density at radius 1 is 0.727 bits per heavy atom. The minimum absolute atomic E-state index is 0.0481. The van der Waals surface area contributed by atoms with Crippen LogP contribution in [0.25, 0.3) is 0 Å². The number of esters is 4. The Labute approximate surface area is 255 Å². The standard InChI is InChI=1S/C34H36N2O8/c1-21-17-27(35-30(21)33(39)43-19-23-11-7-5-8-12-23)26(18-29(38)42-4)32-25(15-16-28(37)41-3)22(2)31(36-32)34(40)44-20-24-13-9-6-10-14-24/h5-14,17,26,35-36H,15-16,18-20H2,1-4H3. The number of carbonyl (C=O) groups is 4. The zero-order chi connectivity index (χ0) is 31.6. The van der Waals surface area contributed by atoms with E-state index < -0.39 is 29.8 Å². The lowest BCUT2D eigenvalue weighted by Crippen LogP contribution is -2.14. The molecule has 230 valence electrons. The van der Waals surface area contributed by atoms with Crippen molar-refractivity contribution in [2.45, 2.75) is 52.2 Å². The molecule has 0 fully saturated rings. The second-order valence-corrected chi connectivity index (χ2v) is 10.3. The fraction of sp³-hybridized carbons (Fsp3) is 0.294. The first kappa shape index (κ1) is 31.8. The van der Waals surface area contributed by atoms with Gasteiger partial charge in [0.15, 0.2) is 0 Å². The zero-order valence-electron chi connectivity index (χ0n) is 25.2. The number of carbonyl (C=O) groups excluding carboxylic acids is 4. The van der Waals surface area contributed by atoms with Crippen molar-refractivity contribution in [1.29, 1.82) is 0 Å². The molecule has 2 heterocycles. The number of ether oxygens (including phenoxy) is 4. The Morgan fingerprint density at radius 2 is 1.27 bits per heavy atom. The molecule has 1 atom stereocenters. The Balaban J connectivity index is 1.69. The van der Waals surface area contributed by atoms with Gasteiger partial charge in [-0.25, -0.2) is 9.59 Å². The van der Waals surface area contributed by atoms with E-state index >= 15 is 0 Å². The molecule has 2 aromatic heterocycles. The van der Waals surface area contributed by atoms with Gasteiger partial charge in [0, 0.05) is 23.7 Å². The quantitative estimate of drug-likeness (QED) is 0.152. The molecule has 0 amide bonds. The largest absolute Gasteiger partial charge is 0.469 e. The zero-order valence-corrected chi connectivity index (χ0v) is 25.2. The highest BCUT2D eigenvalue weighted by molar-refractivity contribution is 5.91. The fourth-order valence-electron chi connectivity index (χ4n) is 5.00. The lowest BCUT2D eigenvalue weighted by molar-refractivity contribution is -0.141. The summed E-state index contributed by atoms with van der Waals surface area (Å²) in [7, 11) is 2.59. The van der Waals surface area contributed by atoms with Gasteiger partial charge in [0.25, 0.3) is 0 Å². The summed E-state index contributed by atoms with van der Waals surface area (Å²) in [4.78, 5) is 57.4. The monoisotopic (exact) mass is 600 g/mol. The Bertz CT molecular complexity index is 1600. The summed E-state index contributed by atoms with van der Waals surface area (Å²) in [5.74, 6) is -2.74. The van der Waals surface area contributed by atoms with Crippen molar-refractivity contribution in [3.8, 4) is 0 Å². The Hall–Kier alpha value is -5.12. The molecule has 0 aliphatic carbocycles. The molecule has 0 radical (unpaired) electrons.